The van der Waals surface area contributed by atoms with E-state index in [4.69, 9.17) is 0 Å². The number of carbonyl (C=O) groups is 2. The van der Waals surface area contributed by atoms with Crippen molar-refractivity contribution < 1.29 is 9.59 Å². The highest BCUT2D eigenvalue weighted by Crippen LogP contribution is 2.13. The predicted octanol–water partition coefficient (Wildman–Crippen LogP) is 4.20. The molecule has 2 aromatic carbocycles. The quantitative estimate of drug-likeness (QED) is 0.672. The van der Waals surface area contributed by atoms with Gasteiger partial charge < -0.3 is 10.2 Å². The molecule has 0 spiro atoms. The molecule has 4 heteroatoms. The summed E-state index contributed by atoms with van der Waals surface area (Å²) in [6, 6.07) is 19.3. The molecule has 0 aliphatic heterocycles. The van der Waals surface area contributed by atoms with Crippen LogP contribution in [0.2, 0.25) is 0 Å². The highest BCUT2D eigenvalue weighted by Gasteiger charge is 2.25. The van der Waals surface area contributed by atoms with Gasteiger partial charge in [-0.25, -0.2) is 0 Å². The van der Waals surface area contributed by atoms with Gasteiger partial charge in [0, 0.05) is 19.5 Å². The number of aryl methyl sites for hydroxylation is 1. The summed E-state index contributed by atoms with van der Waals surface area (Å²) in [5.74, 6) is 0.437. The van der Waals surface area contributed by atoms with E-state index in [2.05, 4.69) is 19.2 Å². The molecule has 1 N–H and O–H groups in total. The standard InChI is InChI=1S/C24H32N2O2/c1-19(2)16-17-25-24(28)20(3)26(18-22-12-8-5-9-13-22)23(27)15-14-21-10-6-4-7-11-21/h4-13,19-20H,14-18H2,1-3H3,(H,25,28)/t20-/m1/s1. The van der Waals surface area contributed by atoms with Crippen molar-refractivity contribution in [1.82, 2.24) is 10.2 Å². The van der Waals surface area contributed by atoms with Gasteiger partial charge in [-0.3, -0.25) is 9.59 Å². The van der Waals surface area contributed by atoms with Gasteiger partial charge in [-0.15, -0.1) is 0 Å². The molecule has 0 saturated heterocycles. The summed E-state index contributed by atoms with van der Waals surface area (Å²) < 4.78 is 0. The molecule has 0 fully saturated rings. The van der Waals surface area contributed by atoms with Crippen molar-refractivity contribution in [2.24, 2.45) is 5.92 Å². The van der Waals surface area contributed by atoms with E-state index >= 15 is 0 Å². The Labute approximate surface area is 169 Å². The van der Waals surface area contributed by atoms with Crippen LogP contribution in [0.25, 0.3) is 0 Å². The third-order valence-corrected chi connectivity index (χ3v) is 4.85. The first-order chi connectivity index (χ1) is 13.5. The molecular weight excluding hydrogens is 348 g/mol. The largest absolute Gasteiger partial charge is 0.354 e. The zero-order valence-corrected chi connectivity index (χ0v) is 17.2. The number of benzene rings is 2. The van der Waals surface area contributed by atoms with Crippen LogP contribution in [0.3, 0.4) is 0 Å². The molecule has 0 radical (unpaired) electrons. The van der Waals surface area contributed by atoms with Gasteiger partial charge in [-0.1, -0.05) is 74.5 Å². The average Bonchev–Trinajstić information content (AvgIpc) is 2.71. The molecule has 0 bridgehead atoms. The maximum atomic E-state index is 13.0. The third kappa shape index (κ3) is 7.18. The van der Waals surface area contributed by atoms with Gasteiger partial charge in [0.15, 0.2) is 0 Å². The number of hydrogen-bond acceptors (Lipinski definition) is 2. The van der Waals surface area contributed by atoms with Crippen LogP contribution in [0.5, 0.6) is 0 Å². The van der Waals surface area contributed by atoms with E-state index in [9.17, 15) is 9.59 Å². The maximum absolute atomic E-state index is 13.0. The summed E-state index contributed by atoms with van der Waals surface area (Å²) in [7, 11) is 0. The number of hydrogen-bond donors (Lipinski definition) is 1. The molecule has 0 unspecified atom stereocenters. The highest BCUT2D eigenvalue weighted by molar-refractivity contribution is 5.87. The van der Waals surface area contributed by atoms with E-state index in [0.29, 0.717) is 31.8 Å². The summed E-state index contributed by atoms with van der Waals surface area (Å²) in [5.41, 5.74) is 2.15. The molecule has 0 aliphatic carbocycles. The average molecular weight is 381 g/mol. The van der Waals surface area contributed by atoms with Crippen molar-refractivity contribution in [2.75, 3.05) is 6.54 Å². The second-order valence-electron chi connectivity index (χ2n) is 7.64. The molecule has 2 amide bonds. The lowest BCUT2D eigenvalue weighted by molar-refractivity contribution is -0.140. The lowest BCUT2D eigenvalue weighted by Gasteiger charge is -2.29. The minimum atomic E-state index is -0.504. The smallest absolute Gasteiger partial charge is 0.242 e. The summed E-state index contributed by atoms with van der Waals surface area (Å²) in [5, 5.41) is 2.98. The Bertz CT molecular complexity index is 729. The number of nitrogens with one attached hydrogen (secondary N) is 1. The van der Waals surface area contributed by atoms with Crippen LogP contribution >= 0.6 is 0 Å². The molecule has 4 nitrogen and oxygen atoms in total. The van der Waals surface area contributed by atoms with Crippen LogP contribution in [-0.2, 0) is 22.6 Å². The fourth-order valence-electron chi connectivity index (χ4n) is 3.03. The molecule has 1 atom stereocenters. The molecule has 28 heavy (non-hydrogen) atoms. The SMILES string of the molecule is CC(C)CCNC(=O)[C@@H](C)N(Cc1ccccc1)C(=O)CCc1ccccc1. The van der Waals surface area contributed by atoms with Crippen molar-refractivity contribution >= 4 is 11.8 Å². The topological polar surface area (TPSA) is 49.4 Å². The van der Waals surface area contributed by atoms with Crippen LogP contribution in [-0.4, -0.2) is 29.3 Å². The van der Waals surface area contributed by atoms with E-state index in [1.54, 1.807) is 4.90 Å². The summed E-state index contributed by atoms with van der Waals surface area (Å²) >= 11 is 0. The Morgan fingerprint density at radius 2 is 1.46 bits per heavy atom. The van der Waals surface area contributed by atoms with Crippen LogP contribution in [0, 0.1) is 5.92 Å². The molecule has 0 aromatic heterocycles. The van der Waals surface area contributed by atoms with Crippen LogP contribution in [0.4, 0.5) is 0 Å². The Kier molecular flexibility index (Phi) is 8.73. The van der Waals surface area contributed by atoms with Gasteiger partial charge in [0.25, 0.3) is 0 Å². The number of nitrogens with zero attached hydrogens (tertiary/aromatic N) is 1. The monoisotopic (exact) mass is 380 g/mol. The Hall–Kier alpha value is -2.62. The Morgan fingerprint density at radius 1 is 0.893 bits per heavy atom. The zero-order chi connectivity index (χ0) is 20.4. The molecular formula is C24H32N2O2. The van der Waals surface area contributed by atoms with E-state index in [1.807, 2.05) is 67.6 Å². The highest BCUT2D eigenvalue weighted by atomic mass is 16.2. The molecule has 0 saturated carbocycles. The van der Waals surface area contributed by atoms with Gasteiger partial charge in [-0.2, -0.15) is 0 Å². The predicted molar refractivity (Wildman–Crippen MR) is 114 cm³/mol. The lowest BCUT2D eigenvalue weighted by atomic mass is 10.1. The molecule has 0 heterocycles. The van der Waals surface area contributed by atoms with E-state index < -0.39 is 6.04 Å². The minimum Gasteiger partial charge on any atom is -0.354 e. The van der Waals surface area contributed by atoms with E-state index in [1.165, 1.54) is 0 Å². The van der Waals surface area contributed by atoms with Crippen LogP contribution in [0.15, 0.2) is 60.7 Å². The molecule has 2 rings (SSSR count). The molecule has 2 aromatic rings. The summed E-state index contributed by atoms with van der Waals surface area (Å²) in [4.78, 5) is 27.3. The number of amides is 2. The van der Waals surface area contributed by atoms with Crippen LogP contribution < -0.4 is 5.32 Å². The van der Waals surface area contributed by atoms with Gasteiger partial charge >= 0.3 is 0 Å². The van der Waals surface area contributed by atoms with Gasteiger partial charge in [0.2, 0.25) is 11.8 Å². The number of rotatable bonds is 10. The molecule has 150 valence electrons. The van der Waals surface area contributed by atoms with Gasteiger partial charge in [-0.05, 0) is 36.8 Å². The summed E-state index contributed by atoms with van der Waals surface area (Å²) in [6.45, 7) is 7.15. The Balaban J connectivity index is 2.04. The lowest BCUT2D eigenvalue weighted by Crippen LogP contribution is -2.48. The summed E-state index contributed by atoms with van der Waals surface area (Å²) in [6.07, 6.45) is 1.99. The van der Waals surface area contributed by atoms with Crippen LogP contribution in [0.1, 0.15) is 44.7 Å². The fraction of sp³-hybridized carbons (Fsp3) is 0.417. The van der Waals surface area contributed by atoms with Crippen molar-refractivity contribution in [3.05, 3.63) is 71.8 Å². The second-order valence-corrected chi connectivity index (χ2v) is 7.64. The van der Waals surface area contributed by atoms with Crippen molar-refractivity contribution in [3.8, 4) is 0 Å². The van der Waals surface area contributed by atoms with Gasteiger partial charge in [0.1, 0.15) is 6.04 Å². The van der Waals surface area contributed by atoms with Crippen molar-refractivity contribution in [1.29, 1.82) is 0 Å². The Morgan fingerprint density at radius 3 is 2.04 bits per heavy atom. The first-order valence-electron chi connectivity index (χ1n) is 10.1. The normalized spacial score (nSPS) is 11.9. The third-order valence-electron chi connectivity index (χ3n) is 4.85. The first kappa shape index (κ1) is 21.7. The number of carbonyl (C=O) groups excluding carboxylic acids is 2. The van der Waals surface area contributed by atoms with Crippen molar-refractivity contribution in [2.45, 2.75) is 52.6 Å². The van der Waals surface area contributed by atoms with E-state index in [0.717, 1.165) is 17.5 Å². The second kappa shape index (κ2) is 11.3. The van der Waals surface area contributed by atoms with Crippen molar-refractivity contribution in [3.63, 3.8) is 0 Å². The maximum Gasteiger partial charge on any atom is 0.242 e. The van der Waals surface area contributed by atoms with E-state index in [-0.39, 0.29) is 11.8 Å². The minimum absolute atomic E-state index is 0.000726. The molecule has 0 aliphatic rings. The first-order valence-corrected chi connectivity index (χ1v) is 10.1. The van der Waals surface area contributed by atoms with Gasteiger partial charge in [0.05, 0.1) is 0 Å². The zero-order valence-electron chi connectivity index (χ0n) is 17.2. The fourth-order valence-corrected chi connectivity index (χ4v) is 3.03.